The molecule has 1 heterocycles. The lowest BCUT2D eigenvalue weighted by atomic mass is 9.94. The highest BCUT2D eigenvalue weighted by Gasteiger charge is 2.29. The van der Waals surface area contributed by atoms with Crippen molar-refractivity contribution < 1.29 is 23.0 Å². The molecular weight excluding hydrogens is 373 g/mol. The van der Waals surface area contributed by atoms with E-state index in [1.165, 1.54) is 6.20 Å². The molecule has 0 fully saturated rings. The van der Waals surface area contributed by atoms with Crippen LogP contribution in [0.2, 0.25) is 0 Å². The molecule has 0 aliphatic carbocycles. The third kappa shape index (κ3) is 10.3. The van der Waals surface area contributed by atoms with Gasteiger partial charge in [-0.1, -0.05) is 19.9 Å². The number of rotatable bonds is 11. The Bertz CT molecular complexity index is 595. The van der Waals surface area contributed by atoms with Crippen LogP contribution in [-0.4, -0.2) is 48.5 Å². The smallest absolute Gasteiger partial charge is 0.422 e. The van der Waals surface area contributed by atoms with Crippen molar-refractivity contribution >= 4 is 5.96 Å². The van der Waals surface area contributed by atoms with Gasteiger partial charge < -0.3 is 20.5 Å². The van der Waals surface area contributed by atoms with Crippen molar-refractivity contribution in [2.75, 3.05) is 26.3 Å². The van der Waals surface area contributed by atoms with Crippen LogP contribution in [-0.2, 0) is 6.54 Å². The van der Waals surface area contributed by atoms with E-state index in [4.69, 9.17) is 4.74 Å². The zero-order chi connectivity index (χ0) is 21.0. The van der Waals surface area contributed by atoms with Gasteiger partial charge in [-0.25, -0.2) is 9.98 Å². The van der Waals surface area contributed by atoms with E-state index in [-0.39, 0.29) is 19.0 Å². The Morgan fingerprint density at radius 3 is 2.68 bits per heavy atom. The predicted octanol–water partition coefficient (Wildman–Crippen LogP) is 3.12. The number of halogens is 3. The Morgan fingerprint density at radius 2 is 2.07 bits per heavy atom. The maximum Gasteiger partial charge on any atom is 0.422 e. The zero-order valence-corrected chi connectivity index (χ0v) is 16.7. The summed E-state index contributed by atoms with van der Waals surface area (Å²) in [5, 5.41) is 15.6. The molecule has 6 nitrogen and oxygen atoms in total. The van der Waals surface area contributed by atoms with Gasteiger partial charge in [-0.3, -0.25) is 0 Å². The Labute approximate surface area is 164 Å². The molecule has 0 aromatic carbocycles. The summed E-state index contributed by atoms with van der Waals surface area (Å²) in [6.07, 6.45) is -1.37. The van der Waals surface area contributed by atoms with Crippen molar-refractivity contribution in [1.29, 1.82) is 0 Å². The Balaban J connectivity index is 2.76. The molecule has 0 spiro atoms. The largest absolute Gasteiger partial charge is 0.468 e. The fourth-order valence-electron chi connectivity index (χ4n) is 2.72. The molecule has 0 bridgehead atoms. The van der Waals surface area contributed by atoms with Gasteiger partial charge in [0, 0.05) is 31.5 Å². The molecule has 1 unspecified atom stereocenters. The summed E-state index contributed by atoms with van der Waals surface area (Å²) in [6, 6.07) is 3.27. The number of aliphatic imine (C=N–C) groups is 1. The summed E-state index contributed by atoms with van der Waals surface area (Å²) < 4.78 is 42.0. The van der Waals surface area contributed by atoms with Crippen LogP contribution in [0.3, 0.4) is 0 Å². The second kappa shape index (κ2) is 12.4. The Kier molecular flexibility index (Phi) is 10.7. The number of aliphatic hydroxyl groups excluding tert-OH is 1. The quantitative estimate of drug-likeness (QED) is 0.390. The van der Waals surface area contributed by atoms with Gasteiger partial charge in [-0.05, 0) is 37.7 Å². The number of pyridine rings is 1. The third-order valence-electron chi connectivity index (χ3n) is 3.87. The van der Waals surface area contributed by atoms with Gasteiger partial charge >= 0.3 is 6.18 Å². The number of aliphatic hydroxyl groups is 1. The second-order valence-electron chi connectivity index (χ2n) is 6.96. The minimum Gasteiger partial charge on any atom is -0.468 e. The fourth-order valence-corrected chi connectivity index (χ4v) is 2.72. The number of nitrogens with one attached hydrogen (secondary N) is 2. The third-order valence-corrected chi connectivity index (χ3v) is 3.87. The Morgan fingerprint density at radius 1 is 1.32 bits per heavy atom. The first kappa shape index (κ1) is 24.0. The van der Waals surface area contributed by atoms with Crippen molar-refractivity contribution in [1.82, 2.24) is 15.6 Å². The minimum atomic E-state index is -4.42. The minimum absolute atomic E-state index is 0.0719. The van der Waals surface area contributed by atoms with Gasteiger partial charge in [0.25, 0.3) is 0 Å². The van der Waals surface area contributed by atoms with Crippen molar-refractivity contribution in [3.8, 4) is 5.88 Å². The number of alkyl halides is 3. The molecule has 1 atom stereocenters. The van der Waals surface area contributed by atoms with Crippen molar-refractivity contribution in [3.63, 3.8) is 0 Å². The molecule has 0 aliphatic rings. The van der Waals surface area contributed by atoms with Crippen LogP contribution in [0, 0.1) is 11.8 Å². The number of nitrogens with zero attached hydrogens (tertiary/aromatic N) is 2. The lowest BCUT2D eigenvalue weighted by Gasteiger charge is -2.20. The summed E-state index contributed by atoms with van der Waals surface area (Å²) in [6.45, 7) is 6.35. The molecule has 1 rings (SSSR count). The highest BCUT2D eigenvalue weighted by atomic mass is 19.4. The van der Waals surface area contributed by atoms with Crippen LogP contribution in [0.5, 0.6) is 5.88 Å². The molecule has 1 aromatic rings. The van der Waals surface area contributed by atoms with Crippen molar-refractivity contribution in [3.05, 3.63) is 23.9 Å². The highest BCUT2D eigenvalue weighted by Crippen LogP contribution is 2.20. The van der Waals surface area contributed by atoms with E-state index in [0.29, 0.717) is 42.9 Å². The standard InChI is InChI=1S/C19H31F3N4O2/c1-4-23-18(25-11-15(7-9-27)10-14(2)3)26-12-16-6-5-8-24-17(16)28-13-19(20,21)22/h5-6,8,14-15,27H,4,7,9-13H2,1-3H3,(H2,23,25,26). The SMILES string of the molecule is CCNC(=NCc1cccnc1OCC(F)(F)F)NCC(CCO)CC(C)C. The average Bonchev–Trinajstić information content (AvgIpc) is 2.62. The topological polar surface area (TPSA) is 78.8 Å². The van der Waals surface area contributed by atoms with Gasteiger partial charge in [-0.2, -0.15) is 13.2 Å². The predicted molar refractivity (Wildman–Crippen MR) is 103 cm³/mol. The van der Waals surface area contributed by atoms with Crippen LogP contribution in [0.4, 0.5) is 13.2 Å². The monoisotopic (exact) mass is 404 g/mol. The Hall–Kier alpha value is -2.03. The number of hydrogen-bond acceptors (Lipinski definition) is 4. The molecule has 0 amide bonds. The van der Waals surface area contributed by atoms with Crippen molar-refractivity contribution in [2.45, 2.75) is 46.3 Å². The number of guanidine groups is 1. The molecule has 3 N–H and O–H groups in total. The van der Waals surface area contributed by atoms with Crippen LogP contribution < -0.4 is 15.4 Å². The number of aromatic nitrogens is 1. The molecule has 9 heteroatoms. The molecule has 0 radical (unpaired) electrons. The van der Waals surface area contributed by atoms with E-state index in [1.54, 1.807) is 12.1 Å². The van der Waals surface area contributed by atoms with Gasteiger partial charge in [0.2, 0.25) is 5.88 Å². The summed E-state index contributed by atoms with van der Waals surface area (Å²) in [5.41, 5.74) is 0.470. The molecular formula is C19H31F3N4O2. The van der Waals surface area contributed by atoms with E-state index < -0.39 is 12.8 Å². The molecule has 160 valence electrons. The first-order valence-electron chi connectivity index (χ1n) is 9.51. The normalized spacial score (nSPS) is 13.5. The van der Waals surface area contributed by atoms with Gasteiger partial charge in [-0.15, -0.1) is 0 Å². The van der Waals surface area contributed by atoms with E-state index in [2.05, 4.69) is 34.5 Å². The van der Waals surface area contributed by atoms with Crippen LogP contribution in [0.1, 0.15) is 39.2 Å². The van der Waals surface area contributed by atoms with Gasteiger partial charge in [0.15, 0.2) is 12.6 Å². The van der Waals surface area contributed by atoms with E-state index in [1.807, 2.05) is 6.92 Å². The second-order valence-corrected chi connectivity index (χ2v) is 6.96. The van der Waals surface area contributed by atoms with Crippen LogP contribution in [0.25, 0.3) is 0 Å². The summed E-state index contributed by atoms with van der Waals surface area (Å²) in [5.74, 6) is 1.30. The lowest BCUT2D eigenvalue weighted by Crippen LogP contribution is -2.40. The fraction of sp³-hybridized carbons (Fsp3) is 0.684. The molecule has 28 heavy (non-hydrogen) atoms. The number of hydrogen-bond donors (Lipinski definition) is 3. The first-order valence-corrected chi connectivity index (χ1v) is 9.51. The van der Waals surface area contributed by atoms with Crippen LogP contribution in [0.15, 0.2) is 23.3 Å². The van der Waals surface area contributed by atoms with E-state index in [0.717, 1.165) is 6.42 Å². The van der Waals surface area contributed by atoms with Crippen molar-refractivity contribution in [2.24, 2.45) is 16.8 Å². The molecule has 0 saturated carbocycles. The average molecular weight is 404 g/mol. The molecule has 1 aromatic heterocycles. The summed E-state index contributed by atoms with van der Waals surface area (Å²) in [4.78, 5) is 8.31. The number of ether oxygens (including phenoxy) is 1. The molecule has 0 aliphatic heterocycles. The first-order chi connectivity index (χ1) is 13.2. The lowest BCUT2D eigenvalue weighted by molar-refractivity contribution is -0.154. The van der Waals surface area contributed by atoms with Crippen LogP contribution >= 0.6 is 0 Å². The van der Waals surface area contributed by atoms with E-state index >= 15 is 0 Å². The molecule has 0 saturated heterocycles. The summed E-state index contributed by atoms with van der Waals surface area (Å²) in [7, 11) is 0. The highest BCUT2D eigenvalue weighted by molar-refractivity contribution is 5.79. The van der Waals surface area contributed by atoms with E-state index in [9.17, 15) is 18.3 Å². The zero-order valence-electron chi connectivity index (χ0n) is 16.7. The van der Waals surface area contributed by atoms with Gasteiger partial charge in [0.1, 0.15) is 0 Å². The van der Waals surface area contributed by atoms with Gasteiger partial charge in [0.05, 0.1) is 6.54 Å². The summed E-state index contributed by atoms with van der Waals surface area (Å²) >= 11 is 0. The maximum absolute atomic E-state index is 12.4. The maximum atomic E-state index is 12.4.